The molecule has 3 aliphatic carbocycles. The lowest BCUT2D eigenvalue weighted by Gasteiger charge is -2.46. The van der Waals surface area contributed by atoms with Gasteiger partial charge in [0.2, 0.25) is 0 Å². The first-order chi connectivity index (χ1) is 17.9. The number of aromatic amines is 1. The topological polar surface area (TPSA) is 160 Å². The number of amides is 1. The number of nitrogens with zero attached hydrogens (tertiary/aromatic N) is 2. The SMILES string of the molecule is CN(C)Cc1ccc(-c2ccc(O)c3c2C[C@H]2C[C@@H]4C(C(=O)C(C(N)=O)=C(O)[C@H]4N(C)C)C(=O)C2=C3O)[nH]1. The second-order valence-corrected chi connectivity index (χ2v) is 10.9. The molecule has 0 aliphatic heterocycles. The fourth-order valence-corrected chi connectivity index (χ4v) is 6.55. The number of carbonyl (C=O) groups excluding carboxylic acids is 3. The maximum absolute atomic E-state index is 13.8. The Balaban J connectivity index is 1.63. The Morgan fingerprint density at radius 2 is 1.76 bits per heavy atom. The van der Waals surface area contributed by atoms with Crippen LogP contribution in [0.25, 0.3) is 17.0 Å². The van der Waals surface area contributed by atoms with E-state index in [0.717, 1.165) is 17.0 Å². The van der Waals surface area contributed by atoms with E-state index < -0.39 is 52.6 Å². The summed E-state index contributed by atoms with van der Waals surface area (Å²) < 4.78 is 0. The Morgan fingerprint density at radius 3 is 2.39 bits per heavy atom. The highest BCUT2D eigenvalue weighted by atomic mass is 16.3. The van der Waals surface area contributed by atoms with Gasteiger partial charge in [-0.15, -0.1) is 0 Å². The van der Waals surface area contributed by atoms with Crippen molar-refractivity contribution < 1.29 is 29.7 Å². The second kappa shape index (κ2) is 9.14. The van der Waals surface area contributed by atoms with Gasteiger partial charge in [0.05, 0.1) is 17.5 Å². The minimum atomic E-state index is -1.27. The van der Waals surface area contributed by atoms with Crippen molar-refractivity contribution in [2.45, 2.75) is 25.4 Å². The molecule has 0 bridgehead atoms. The van der Waals surface area contributed by atoms with Gasteiger partial charge < -0.3 is 30.9 Å². The van der Waals surface area contributed by atoms with Gasteiger partial charge in [-0.05, 0) is 82.7 Å². The van der Waals surface area contributed by atoms with E-state index in [4.69, 9.17) is 5.73 Å². The molecule has 10 nitrogen and oxygen atoms in total. The van der Waals surface area contributed by atoms with Crippen LogP contribution in [-0.2, 0) is 27.3 Å². The van der Waals surface area contributed by atoms with E-state index in [1.165, 1.54) is 6.07 Å². The van der Waals surface area contributed by atoms with Crippen molar-refractivity contribution in [3.05, 3.63) is 58.0 Å². The molecule has 4 atom stereocenters. The average Bonchev–Trinajstić information content (AvgIpc) is 3.25. The van der Waals surface area contributed by atoms with E-state index in [2.05, 4.69) is 4.98 Å². The summed E-state index contributed by atoms with van der Waals surface area (Å²) in [5.74, 6) is -5.81. The molecule has 200 valence electrons. The third-order valence-electron chi connectivity index (χ3n) is 7.97. The summed E-state index contributed by atoms with van der Waals surface area (Å²) in [6, 6.07) is 6.42. The summed E-state index contributed by atoms with van der Waals surface area (Å²) in [6.07, 6.45) is 0.655. The molecule has 1 fully saturated rings. The van der Waals surface area contributed by atoms with Crippen LogP contribution in [0.4, 0.5) is 0 Å². The van der Waals surface area contributed by atoms with E-state index in [0.29, 0.717) is 24.9 Å². The predicted molar refractivity (Wildman–Crippen MR) is 140 cm³/mol. The highest BCUT2D eigenvalue weighted by Gasteiger charge is 2.55. The summed E-state index contributed by atoms with van der Waals surface area (Å²) in [4.78, 5) is 46.3. The number of aliphatic hydroxyl groups is 2. The first-order valence-electron chi connectivity index (χ1n) is 12.5. The van der Waals surface area contributed by atoms with Crippen LogP contribution in [0.2, 0.25) is 0 Å². The number of phenols is 1. The van der Waals surface area contributed by atoms with Crippen LogP contribution in [0.3, 0.4) is 0 Å². The number of hydrogen-bond acceptors (Lipinski definition) is 8. The molecule has 3 aliphatic rings. The maximum Gasteiger partial charge on any atom is 0.255 e. The normalized spacial score (nSPS) is 25.1. The molecule has 10 heteroatoms. The summed E-state index contributed by atoms with van der Waals surface area (Å²) in [5, 5.41) is 33.0. The number of aliphatic hydroxyl groups excluding tert-OH is 2. The van der Waals surface area contributed by atoms with Crippen molar-refractivity contribution in [1.82, 2.24) is 14.8 Å². The van der Waals surface area contributed by atoms with E-state index in [1.54, 1.807) is 25.1 Å². The minimum Gasteiger partial charge on any atom is -0.510 e. The largest absolute Gasteiger partial charge is 0.510 e. The molecule has 1 saturated carbocycles. The summed E-state index contributed by atoms with van der Waals surface area (Å²) in [7, 11) is 7.33. The van der Waals surface area contributed by atoms with E-state index in [-0.39, 0.29) is 22.6 Å². The van der Waals surface area contributed by atoms with Gasteiger partial charge >= 0.3 is 0 Å². The number of ketones is 2. The first-order valence-corrected chi connectivity index (χ1v) is 12.5. The monoisotopic (exact) mass is 520 g/mol. The van der Waals surface area contributed by atoms with Crippen molar-refractivity contribution in [3.8, 4) is 17.0 Å². The molecule has 1 aromatic carbocycles. The van der Waals surface area contributed by atoms with Crippen molar-refractivity contribution >= 4 is 23.2 Å². The third-order valence-corrected chi connectivity index (χ3v) is 7.97. The number of phenolic OH excluding ortho intramolecular Hbond substituents is 1. The number of Topliss-reactive ketones (excluding diaryl/α,β-unsaturated/α-hetero) is 2. The van der Waals surface area contributed by atoms with Gasteiger partial charge in [-0.25, -0.2) is 0 Å². The Labute approximate surface area is 220 Å². The van der Waals surface area contributed by atoms with Gasteiger partial charge in [-0.1, -0.05) is 0 Å². The predicted octanol–water partition coefficient (Wildman–Crippen LogP) is 1.91. The lowest BCUT2D eigenvalue weighted by Crippen LogP contribution is -2.55. The number of nitrogens with two attached hydrogens (primary N) is 1. The van der Waals surface area contributed by atoms with E-state index in [9.17, 15) is 29.7 Å². The van der Waals surface area contributed by atoms with Crippen LogP contribution < -0.4 is 5.73 Å². The fourth-order valence-electron chi connectivity index (χ4n) is 6.55. The molecule has 1 heterocycles. The highest BCUT2D eigenvalue weighted by Crippen LogP contribution is 2.51. The lowest BCUT2D eigenvalue weighted by molar-refractivity contribution is -0.136. The zero-order chi connectivity index (χ0) is 27.6. The van der Waals surface area contributed by atoms with Crippen LogP contribution in [-0.4, -0.2) is 81.8 Å². The zero-order valence-corrected chi connectivity index (χ0v) is 21.8. The number of carbonyl (C=O) groups is 3. The smallest absolute Gasteiger partial charge is 0.255 e. The van der Waals surface area contributed by atoms with Gasteiger partial charge in [-0.2, -0.15) is 0 Å². The molecule has 0 spiro atoms. The van der Waals surface area contributed by atoms with Crippen LogP contribution in [0.1, 0.15) is 23.2 Å². The molecule has 1 unspecified atom stereocenters. The standard InChI is InChI=1S/C28H32N4O6/c1-31(2)11-13-5-7-17(30-13)14-6-8-18(33)20-15(14)9-12-10-16-21(25(35)19(12)24(20)34)26(36)22(28(29)38)27(37)23(16)32(3)4/h5-8,12,16,21,23,30,33-34,37H,9-11H2,1-4H3,(H2,29,38)/t12-,16+,21?,23-/m0/s1. The van der Waals surface area contributed by atoms with E-state index >= 15 is 0 Å². The number of fused-ring (bicyclic) bond motifs is 3. The Kier molecular flexibility index (Phi) is 6.19. The van der Waals surface area contributed by atoms with Gasteiger partial charge in [0.15, 0.2) is 11.6 Å². The number of likely N-dealkylation sites (N-methyl/N-ethyl adjacent to an activating group) is 1. The zero-order valence-electron chi connectivity index (χ0n) is 21.8. The first kappa shape index (κ1) is 25.7. The fraction of sp³-hybridized carbons (Fsp3) is 0.393. The minimum absolute atomic E-state index is 0.0713. The van der Waals surface area contributed by atoms with Gasteiger partial charge in [-0.3, -0.25) is 19.3 Å². The van der Waals surface area contributed by atoms with Crippen LogP contribution in [0.15, 0.2) is 41.2 Å². The molecule has 0 saturated heterocycles. The number of nitrogens with one attached hydrogen (secondary N) is 1. The number of benzene rings is 1. The summed E-state index contributed by atoms with van der Waals surface area (Å²) >= 11 is 0. The Hall–Kier alpha value is -3.89. The quantitative estimate of drug-likeness (QED) is 0.295. The van der Waals surface area contributed by atoms with Crippen molar-refractivity contribution in [1.29, 1.82) is 0 Å². The molecular formula is C28H32N4O6. The number of H-pyrrole nitrogens is 1. The van der Waals surface area contributed by atoms with E-state index in [1.807, 2.05) is 31.1 Å². The van der Waals surface area contributed by atoms with Crippen molar-refractivity contribution in [2.24, 2.45) is 23.5 Å². The number of hydrogen-bond donors (Lipinski definition) is 5. The molecule has 2 aromatic rings. The molecular weight excluding hydrogens is 488 g/mol. The van der Waals surface area contributed by atoms with Gasteiger partial charge in [0.1, 0.15) is 22.8 Å². The number of aromatic hydroxyl groups is 1. The molecule has 6 N–H and O–H groups in total. The summed E-state index contributed by atoms with van der Waals surface area (Å²) in [5.41, 5.74) is 8.40. The molecule has 38 heavy (non-hydrogen) atoms. The number of aromatic nitrogens is 1. The van der Waals surface area contributed by atoms with Crippen LogP contribution in [0.5, 0.6) is 5.75 Å². The highest BCUT2D eigenvalue weighted by molar-refractivity contribution is 6.28. The number of rotatable bonds is 5. The Bertz CT molecular complexity index is 1430. The summed E-state index contributed by atoms with van der Waals surface area (Å²) in [6.45, 7) is 0.708. The molecule has 1 amide bonds. The van der Waals surface area contributed by atoms with Crippen LogP contribution >= 0.6 is 0 Å². The van der Waals surface area contributed by atoms with Crippen molar-refractivity contribution in [3.63, 3.8) is 0 Å². The van der Waals surface area contributed by atoms with Gasteiger partial charge in [0, 0.05) is 29.1 Å². The molecule has 0 radical (unpaired) electrons. The lowest BCUT2D eigenvalue weighted by atomic mass is 9.59. The Morgan fingerprint density at radius 1 is 1.05 bits per heavy atom. The molecule has 1 aromatic heterocycles. The third kappa shape index (κ3) is 3.83. The number of primary amides is 1. The number of allylic oxidation sites excluding steroid dienone is 1. The molecule has 5 rings (SSSR count). The maximum atomic E-state index is 13.8. The van der Waals surface area contributed by atoms with Crippen molar-refractivity contribution in [2.75, 3.05) is 28.2 Å². The average molecular weight is 521 g/mol. The van der Waals surface area contributed by atoms with Crippen LogP contribution in [0, 0.1) is 17.8 Å². The second-order valence-electron chi connectivity index (χ2n) is 10.9. The van der Waals surface area contributed by atoms with Gasteiger partial charge in [0.25, 0.3) is 5.91 Å².